The van der Waals surface area contributed by atoms with Crippen LogP contribution in [-0.4, -0.2) is 34.6 Å². The van der Waals surface area contributed by atoms with E-state index in [1.165, 1.54) is 7.11 Å². The van der Waals surface area contributed by atoms with Gasteiger partial charge < -0.3 is 19.4 Å². The molecule has 8 heteroatoms. The summed E-state index contributed by atoms with van der Waals surface area (Å²) in [4.78, 5) is 18.2. The van der Waals surface area contributed by atoms with Crippen LogP contribution in [0.2, 0.25) is 0 Å². The van der Waals surface area contributed by atoms with Crippen molar-refractivity contribution in [1.82, 2.24) is 15.2 Å². The smallest absolute Gasteiger partial charge is 0.305 e. The molecule has 0 bridgehead atoms. The van der Waals surface area contributed by atoms with Crippen molar-refractivity contribution in [3.05, 3.63) is 76.7 Å². The number of halogens is 1. The molecule has 0 spiro atoms. The number of ether oxygens (including phenoxy) is 1. The molecule has 3 heterocycles. The fourth-order valence-electron chi connectivity index (χ4n) is 3.73. The number of aromatic nitrogens is 1. The van der Waals surface area contributed by atoms with E-state index in [1.54, 1.807) is 6.20 Å². The van der Waals surface area contributed by atoms with E-state index < -0.39 is 0 Å². The number of hydrogen-bond acceptors (Lipinski definition) is 5. The van der Waals surface area contributed by atoms with Crippen molar-refractivity contribution in [1.29, 1.82) is 0 Å². The van der Waals surface area contributed by atoms with Crippen molar-refractivity contribution in [2.24, 2.45) is 0 Å². The second kappa shape index (κ2) is 9.62. The first-order valence-corrected chi connectivity index (χ1v) is 11.2. The van der Waals surface area contributed by atoms with E-state index >= 15 is 0 Å². The van der Waals surface area contributed by atoms with E-state index in [9.17, 15) is 4.79 Å². The van der Waals surface area contributed by atoms with E-state index in [-0.39, 0.29) is 18.1 Å². The average molecular weight is 500 g/mol. The third kappa shape index (κ3) is 4.80. The van der Waals surface area contributed by atoms with Crippen LogP contribution in [0, 0.1) is 0 Å². The second-order valence-corrected chi connectivity index (χ2v) is 8.51. The largest absolute Gasteiger partial charge is 0.469 e. The molecule has 1 fully saturated rings. The van der Waals surface area contributed by atoms with E-state index in [2.05, 4.69) is 31.1 Å². The summed E-state index contributed by atoms with van der Waals surface area (Å²) in [5.74, 6) is 1.35. The second-order valence-electron chi connectivity index (χ2n) is 7.21. The number of pyridine rings is 1. The topological polar surface area (TPSA) is 67.6 Å². The van der Waals surface area contributed by atoms with Crippen LogP contribution in [0.3, 0.4) is 0 Å². The molecular formula is C23H22BrN3O3S. The monoisotopic (exact) mass is 499 g/mol. The highest BCUT2D eigenvalue weighted by molar-refractivity contribution is 9.10. The quantitative estimate of drug-likeness (QED) is 0.361. The number of carbonyl (C=O) groups is 1. The molecule has 1 aromatic carbocycles. The summed E-state index contributed by atoms with van der Waals surface area (Å²) < 4.78 is 12.1. The van der Waals surface area contributed by atoms with Crippen molar-refractivity contribution in [2.75, 3.05) is 13.7 Å². The molecular weight excluding hydrogens is 478 g/mol. The van der Waals surface area contributed by atoms with Crippen molar-refractivity contribution >= 4 is 39.2 Å². The van der Waals surface area contributed by atoms with E-state index in [0.717, 1.165) is 27.3 Å². The standard InChI is InChI=1S/C23H22BrN3O3S/c1-29-20(28)6-4-14-27-22(21(26-23(27)31)17-5-2-3-13-25-17)19-12-11-18(30-19)15-7-9-16(24)10-8-15/h2-3,5,7-13,21-22H,4,6,14H2,1H3,(H,26,31)/t21-,22+/m1/s1. The molecule has 4 rings (SSSR count). The van der Waals surface area contributed by atoms with Gasteiger partial charge in [-0.2, -0.15) is 0 Å². The zero-order valence-electron chi connectivity index (χ0n) is 17.0. The Balaban J connectivity index is 1.64. The summed E-state index contributed by atoms with van der Waals surface area (Å²) in [6.07, 6.45) is 2.73. The number of hydrogen-bond donors (Lipinski definition) is 1. The van der Waals surface area contributed by atoms with Gasteiger partial charge in [-0.25, -0.2) is 0 Å². The number of thiocarbonyl (C=S) groups is 1. The first kappa shape index (κ1) is 21.5. The van der Waals surface area contributed by atoms with Gasteiger partial charge in [0.05, 0.1) is 18.8 Å². The van der Waals surface area contributed by atoms with E-state index in [4.69, 9.17) is 21.4 Å². The van der Waals surface area contributed by atoms with Gasteiger partial charge in [0.1, 0.15) is 17.6 Å². The Kier molecular flexibility index (Phi) is 6.67. The molecule has 6 nitrogen and oxygen atoms in total. The van der Waals surface area contributed by atoms with Gasteiger partial charge in [0.2, 0.25) is 0 Å². The predicted octanol–water partition coefficient (Wildman–Crippen LogP) is 5.03. The zero-order valence-corrected chi connectivity index (χ0v) is 19.4. The van der Waals surface area contributed by atoms with Crippen LogP contribution in [0.5, 0.6) is 0 Å². The maximum Gasteiger partial charge on any atom is 0.305 e. The van der Waals surface area contributed by atoms with Crippen molar-refractivity contribution < 1.29 is 13.9 Å². The van der Waals surface area contributed by atoms with Gasteiger partial charge in [0, 0.05) is 29.2 Å². The summed E-state index contributed by atoms with van der Waals surface area (Å²) in [5.41, 5.74) is 1.88. The first-order valence-electron chi connectivity index (χ1n) is 9.97. The predicted molar refractivity (Wildman–Crippen MR) is 125 cm³/mol. The SMILES string of the molecule is COC(=O)CCCN1C(=S)N[C@H](c2ccccn2)[C@@H]1c1ccc(-c2ccc(Br)cc2)o1. The van der Waals surface area contributed by atoms with Crippen LogP contribution < -0.4 is 5.32 Å². The Morgan fingerprint density at radius 2 is 2.03 bits per heavy atom. The number of esters is 1. The molecule has 1 N–H and O–H groups in total. The minimum Gasteiger partial charge on any atom is -0.469 e. The molecule has 2 aromatic heterocycles. The van der Waals surface area contributed by atoms with Crippen LogP contribution in [0.15, 0.2) is 69.7 Å². The normalized spacial score (nSPS) is 18.1. The number of carbonyl (C=O) groups excluding carboxylic acids is 1. The van der Waals surface area contributed by atoms with Gasteiger partial charge in [0.15, 0.2) is 5.11 Å². The number of nitrogens with zero attached hydrogens (tertiary/aromatic N) is 2. The van der Waals surface area contributed by atoms with Gasteiger partial charge in [-0.3, -0.25) is 9.78 Å². The number of furan rings is 1. The van der Waals surface area contributed by atoms with Crippen molar-refractivity contribution in [2.45, 2.75) is 24.9 Å². The lowest BCUT2D eigenvalue weighted by Crippen LogP contribution is -2.30. The number of rotatable bonds is 7. The highest BCUT2D eigenvalue weighted by atomic mass is 79.9. The maximum absolute atomic E-state index is 11.6. The lowest BCUT2D eigenvalue weighted by molar-refractivity contribution is -0.140. The Morgan fingerprint density at radius 1 is 1.23 bits per heavy atom. The third-order valence-corrected chi connectivity index (χ3v) is 6.13. The zero-order chi connectivity index (χ0) is 21.8. The fraction of sp³-hybridized carbons (Fsp3) is 0.261. The number of nitrogens with one attached hydrogen (secondary N) is 1. The molecule has 0 radical (unpaired) electrons. The lowest BCUT2D eigenvalue weighted by Gasteiger charge is -2.25. The van der Waals surface area contributed by atoms with Gasteiger partial charge >= 0.3 is 5.97 Å². The Hall–Kier alpha value is -2.71. The first-order chi connectivity index (χ1) is 15.1. The molecule has 0 saturated carbocycles. The van der Waals surface area contributed by atoms with Crippen LogP contribution >= 0.6 is 28.1 Å². The van der Waals surface area contributed by atoms with Gasteiger partial charge in [-0.05, 0) is 55.0 Å². The molecule has 31 heavy (non-hydrogen) atoms. The molecule has 0 amide bonds. The summed E-state index contributed by atoms with van der Waals surface area (Å²) in [6, 6.07) is 17.4. The van der Waals surface area contributed by atoms with Crippen LogP contribution in [0.25, 0.3) is 11.3 Å². The molecule has 3 aromatic rings. The highest BCUT2D eigenvalue weighted by Crippen LogP contribution is 2.40. The summed E-state index contributed by atoms with van der Waals surface area (Å²) in [6.45, 7) is 0.600. The Bertz CT molecular complexity index is 1060. The maximum atomic E-state index is 11.6. The van der Waals surface area contributed by atoms with Crippen LogP contribution in [0.4, 0.5) is 0 Å². The van der Waals surface area contributed by atoms with Crippen molar-refractivity contribution in [3.8, 4) is 11.3 Å². The lowest BCUT2D eigenvalue weighted by atomic mass is 10.0. The van der Waals surface area contributed by atoms with Crippen LogP contribution in [0.1, 0.15) is 36.4 Å². The average Bonchev–Trinajstić information content (AvgIpc) is 3.39. The fourth-order valence-corrected chi connectivity index (χ4v) is 4.33. The van der Waals surface area contributed by atoms with E-state index in [1.807, 2.05) is 54.6 Å². The molecule has 1 aliphatic heterocycles. The molecule has 160 valence electrons. The summed E-state index contributed by atoms with van der Waals surface area (Å²) in [7, 11) is 1.40. The molecule has 0 unspecified atom stereocenters. The Labute approximate surface area is 194 Å². The summed E-state index contributed by atoms with van der Waals surface area (Å²) in [5, 5.41) is 4.01. The van der Waals surface area contributed by atoms with Gasteiger partial charge in [0.25, 0.3) is 0 Å². The highest BCUT2D eigenvalue weighted by Gasteiger charge is 2.41. The minimum absolute atomic E-state index is 0.157. The molecule has 1 aliphatic rings. The molecule has 2 atom stereocenters. The van der Waals surface area contributed by atoms with Crippen molar-refractivity contribution in [3.63, 3.8) is 0 Å². The summed E-state index contributed by atoms with van der Waals surface area (Å²) >= 11 is 9.11. The molecule has 1 saturated heterocycles. The number of methoxy groups -OCH3 is 1. The van der Waals surface area contributed by atoms with E-state index in [0.29, 0.717) is 24.5 Å². The van der Waals surface area contributed by atoms with Gasteiger partial charge in [-0.1, -0.05) is 34.1 Å². The van der Waals surface area contributed by atoms with Gasteiger partial charge in [-0.15, -0.1) is 0 Å². The minimum atomic E-state index is -0.230. The van der Waals surface area contributed by atoms with Crippen LogP contribution in [-0.2, 0) is 9.53 Å². The molecule has 0 aliphatic carbocycles. The Morgan fingerprint density at radius 3 is 2.74 bits per heavy atom. The number of benzene rings is 1. The third-order valence-electron chi connectivity index (χ3n) is 5.25.